The van der Waals surface area contributed by atoms with Crippen molar-refractivity contribution in [1.29, 1.82) is 0 Å². The lowest BCUT2D eigenvalue weighted by Crippen LogP contribution is -2.23. The van der Waals surface area contributed by atoms with E-state index in [9.17, 15) is 13.6 Å². The number of amides is 1. The summed E-state index contributed by atoms with van der Waals surface area (Å²) in [6, 6.07) is 7.68. The molecule has 0 aliphatic rings. The Morgan fingerprint density at radius 1 is 1.18 bits per heavy atom. The number of carbonyl (C=O) groups excluding carboxylic acids is 1. The smallest absolute Gasteiger partial charge is 0.244 e. The minimum absolute atomic E-state index is 0.155. The van der Waals surface area contributed by atoms with E-state index in [1.165, 1.54) is 37.5 Å². The van der Waals surface area contributed by atoms with Gasteiger partial charge in [-0.1, -0.05) is 12.1 Å². The van der Waals surface area contributed by atoms with E-state index in [1.54, 1.807) is 12.1 Å². The van der Waals surface area contributed by atoms with Gasteiger partial charge in [-0.05, 0) is 61.2 Å². The van der Waals surface area contributed by atoms with Gasteiger partial charge in [-0.2, -0.15) is 0 Å². The SMILES string of the molecule is COc1ccc(C=CC(=O)NCCc2c(C)[nH]c3c(F)ccc(C)c23)cc1F. The van der Waals surface area contributed by atoms with Gasteiger partial charge in [0.25, 0.3) is 0 Å². The van der Waals surface area contributed by atoms with E-state index in [0.717, 1.165) is 22.2 Å². The molecule has 0 fully saturated rings. The number of nitrogens with one attached hydrogen (secondary N) is 2. The van der Waals surface area contributed by atoms with Crippen molar-refractivity contribution in [3.8, 4) is 5.75 Å². The Hall–Kier alpha value is -3.15. The number of H-pyrrole nitrogens is 1. The minimum atomic E-state index is -0.484. The van der Waals surface area contributed by atoms with Crippen molar-refractivity contribution in [1.82, 2.24) is 10.3 Å². The van der Waals surface area contributed by atoms with Crippen molar-refractivity contribution in [2.75, 3.05) is 13.7 Å². The van der Waals surface area contributed by atoms with Crippen molar-refractivity contribution in [2.45, 2.75) is 20.3 Å². The first-order chi connectivity index (χ1) is 13.4. The van der Waals surface area contributed by atoms with Crippen molar-refractivity contribution in [3.05, 3.63) is 70.4 Å². The van der Waals surface area contributed by atoms with E-state index in [4.69, 9.17) is 4.74 Å². The van der Waals surface area contributed by atoms with Crippen LogP contribution in [0.25, 0.3) is 17.0 Å². The Labute approximate surface area is 162 Å². The summed E-state index contributed by atoms with van der Waals surface area (Å²) in [4.78, 5) is 15.1. The van der Waals surface area contributed by atoms with Crippen LogP contribution in [-0.2, 0) is 11.2 Å². The van der Waals surface area contributed by atoms with Gasteiger partial charge in [-0.15, -0.1) is 0 Å². The molecule has 0 aliphatic heterocycles. The Kier molecular flexibility index (Phi) is 5.78. The van der Waals surface area contributed by atoms with Crippen molar-refractivity contribution in [2.24, 2.45) is 0 Å². The third-order valence-corrected chi connectivity index (χ3v) is 4.71. The fraction of sp³-hybridized carbons (Fsp3) is 0.227. The second-order valence-electron chi connectivity index (χ2n) is 6.61. The Morgan fingerprint density at radius 2 is 1.96 bits per heavy atom. The van der Waals surface area contributed by atoms with Gasteiger partial charge >= 0.3 is 0 Å². The number of fused-ring (bicyclic) bond motifs is 1. The molecule has 0 saturated carbocycles. The first-order valence-corrected chi connectivity index (χ1v) is 8.96. The van der Waals surface area contributed by atoms with Crippen molar-refractivity contribution in [3.63, 3.8) is 0 Å². The Balaban J connectivity index is 1.63. The number of ether oxygens (including phenoxy) is 1. The molecule has 4 nitrogen and oxygen atoms in total. The molecule has 0 unspecified atom stereocenters. The molecule has 2 N–H and O–H groups in total. The highest BCUT2D eigenvalue weighted by Gasteiger charge is 2.13. The Bertz CT molecular complexity index is 1050. The zero-order chi connectivity index (χ0) is 20.3. The van der Waals surface area contributed by atoms with E-state index in [0.29, 0.717) is 24.0 Å². The molecule has 6 heteroatoms. The topological polar surface area (TPSA) is 54.1 Å². The lowest BCUT2D eigenvalue weighted by molar-refractivity contribution is -0.116. The molecule has 1 heterocycles. The first kappa shape index (κ1) is 19.6. The maximum atomic E-state index is 14.0. The standard InChI is InChI=1S/C22H22F2N2O2/c1-13-4-7-17(23)22-21(13)16(14(2)26-22)10-11-25-20(27)9-6-15-5-8-19(28-3)18(24)12-15/h4-9,12,26H,10-11H2,1-3H3,(H,25,27). The molecule has 28 heavy (non-hydrogen) atoms. The molecule has 1 aromatic heterocycles. The summed E-state index contributed by atoms with van der Waals surface area (Å²) < 4.78 is 32.5. The van der Waals surface area contributed by atoms with Crippen LogP contribution in [0.1, 0.15) is 22.4 Å². The molecule has 0 spiro atoms. The summed E-state index contributed by atoms with van der Waals surface area (Å²) >= 11 is 0. The second-order valence-corrected chi connectivity index (χ2v) is 6.61. The highest BCUT2D eigenvalue weighted by atomic mass is 19.1. The summed E-state index contributed by atoms with van der Waals surface area (Å²) in [6.45, 7) is 4.24. The van der Waals surface area contributed by atoms with Crippen LogP contribution in [0.3, 0.4) is 0 Å². The second kappa shape index (κ2) is 8.25. The summed E-state index contributed by atoms with van der Waals surface area (Å²) in [6.07, 6.45) is 3.47. The van der Waals surface area contributed by atoms with E-state index in [2.05, 4.69) is 10.3 Å². The Morgan fingerprint density at radius 3 is 2.68 bits per heavy atom. The molecule has 146 valence electrons. The van der Waals surface area contributed by atoms with E-state index >= 15 is 0 Å². The summed E-state index contributed by atoms with van der Waals surface area (Å²) in [7, 11) is 1.40. The summed E-state index contributed by atoms with van der Waals surface area (Å²) in [5, 5.41) is 3.67. The molecular weight excluding hydrogens is 362 g/mol. The quantitative estimate of drug-likeness (QED) is 0.617. The van der Waals surface area contributed by atoms with Crippen LogP contribution in [0.2, 0.25) is 0 Å². The van der Waals surface area contributed by atoms with Gasteiger partial charge in [-0.3, -0.25) is 4.79 Å². The van der Waals surface area contributed by atoms with Gasteiger partial charge in [0.05, 0.1) is 12.6 Å². The largest absolute Gasteiger partial charge is 0.494 e. The van der Waals surface area contributed by atoms with Crippen molar-refractivity contribution >= 4 is 22.9 Å². The number of carbonyl (C=O) groups is 1. The third-order valence-electron chi connectivity index (χ3n) is 4.71. The summed E-state index contributed by atoms with van der Waals surface area (Å²) in [5.41, 5.74) is 3.94. The van der Waals surface area contributed by atoms with Crippen LogP contribution in [-0.4, -0.2) is 24.5 Å². The first-order valence-electron chi connectivity index (χ1n) is 8.96. The number of aromatic amines is 1. The number of aryl methyl sites for hydroxylation is 2. The monoisotopic (exact) mass is 384 g/mol. The van der Waals surface area contributed by atoms with Crippen LogP contribution in [0, 0.1) is 25.5 Å². The number of halogens is 2. The highest BCUT2D eigenvalue weighted by molar-refractivity contribution is 5.92. The van der Waals surface area contributed by atoms with Crippen LogP contribution in [0.5, 0.6) is 5.75 Å². The number of methoxy groups -OCH3 is 1. The predicted molar refractivity (Wildman–Crippen MR) is 106 cm³/mol. The van der Waals surface area contributed by atoms with Gasteiger partial charge in [0.2, 0.25) is 5.91 Å². The number of hydrogen-bond acceptors (Lipinski definition) is 2. The maximum Gasteiger partial charge on any atom is 0.244 e. The molecule has 3 aromatic rings. The lowest BCUT2D eigenvalue weighted by atomic mass is 10.0. The van der Waals surface area contributed by atoms with Crippen molar-refractivity contribution < 1.29 is 18.3 Å². The number of aromatic nitrogens is 1. The maximum absolute atomic E-state index is 14.0. The minimum Gasteiger partial charge on any atom is -0.494 e. The van der Waals surface area contributed by atoms with Crippen LogP contribution in [0.15, 0.2) is 36.4 Å². The highest BCUT2D eigenvalue weighted by Crippen LogP contribution is 2.27. The van der Waals surface area contributed by atoms with Crippen LogP contribution >= 0.6 is 0 Å². The molecule has 0 radical (unpaired) electrons. The average Bonchev–Trinajstić information content (AvgIpc) is 3.01. The zero-order valence-corrected chi connectivity index (χ0v) is 16.0. The van der Waals surface area contributed by atoms with Gasteiger partial charge in [0.1, 0.15) is 5.82 Å². The predicted octanol–water partition coefficient (Wildman–Crippen LogP) is 4.44. The molecule has 3 rings (SSSR count). The average molecular weight is 384 g/mol. The van der Waals surface area contributed by atoms with Gasteiger partial charge in [-0.25, -0.2) is 8.78 Å². The van der Waals surface area contributed by atoms with Gasteiger partial charge < -0.3 is 15.0 Å². The zero-order valence-electron chi connectivity index (χ0n) is 16.0. The van der Waals surface area contributed by atoms with E-state index < -0.39 is 5.82 Å². The molecule has 0 saturated heterocycles. The summed E-state index contributed by atoms with van der Waals surface area (Å²) in [5.74, 6) is -0.893. The normalized spacial score (nSPS) is 11.3. The number of hydrogen-bond donors (Lipinski definition) is 2. The van der Waals surface area contributed by atoms with Crippen LogP contribution < -0.4 is 10.1 Å². The molecule has 0 bridgehead atoms. The third kappa shape index (κ3) is 4.06. The lowest BCUT2D eigenvalue weighted by Gasteiger charge is -2.05. The molecule has 2 aromatic carbocycles. The number of benzene rings is 2. The van der Waals surface area contributed by atoms with Gasteiger partial charge in [0, 0.05) is 23.7 Å². The van der Waals surface area contributed by atoms with Crippen LogP contribution in [0.4, 0.5) is 8.78 Å². The molecule has 1 amide bonds. The van der Waals surface area contributed by atoms with Gasteiger partial charge in [0.15, 0.2) is 11.6 Å². The molecule has 0 aliphatic carbocycles. The number of rotatable bonds is 6. The van der Waals surface area contributed by atoms with E-state index in [-0.39, 0.29) is 17.5 Å². The molecular formula is C22H22F2N2O2. The van der Waals surface area contributed by atoms with E-state index in [1.807, 2.05) is 13.8 Å². The fourth-order valence-electron chi connectivity index (χ4n) is 3.28. The fourth-order valence-corrected chi connectivity index (χ4v) is 3.28. The molecule has 0 atom stereocenters.